The average molecular weight is 267 g/mol. The topological polar surface area (TPSA) is 73.9 Å². The van der Waals surface area contributed by atoms with Crippen molar-refractivity contribution in [2.24, 2.45) is 0 Å². The summed E-state index contributed by atoms with van der Waals surface area (Å²) in [6.07, 6.45) is 7.36. The minimum Gasteiger partial charge on any atom is -0.475 e. The summed E-state index contributed by atoms with van der Waals surface area (Å²) in [6.45, 7) is 1.20. The highest BCUT2D eigenvalue weighted by atomic mass is 16.4. The first-order chi connectivity index (χ1) is 9.22. The highest BCUT2D eigenvalue weighted by Gasteiger charge is 2.23. The molecule has 0 bridgehead atoms. The molecule has 1 aromatic rings. The molecule has 5 nitrogen and oxygen atoms in total. The van der Waals surface area contributed by atoms with Crippen LogP contribution in [0.3, 0.4) is 0 Å². The number of hydrogen-bond donors (Lipinski definition) is 2. The summed E-state index contributed by atoms with van der Waals surface area (Å²) in [4.78, 5) is 13.2. The van der Waals surface area contributed by atoms with Gasteiger partial charge in [-0.3, -0.25) is 4.90 Å². The van der Waals surface area contributed by atoms with E-state index in [1.807, 2.05) is 0 Å². The zero-order valence-corrected chi connectivity index (χ0v) is 11.0. The van der Waals surface area contributed by atoms with E-state index >= 15 is 0 Å². The fourth-order valence-corrected chi connectivity index (χ4v) is 2.83. The van der Waals surface area contributed by atoms with Gasteiger partial charge in [-0.2, -0.15) is 0 Å². The highest BCUT2D eigenvalue weighted by Crippen LogP contribution is 2.24. The Morgan fingerprint density at radius 2 is 2.11 bits per heavy atom. The van der Waals surface area contributed by atoms with Gasteiger partial charge in [-0.15, -0.1) is 0 Å². The van der Waals surface area contributed by atoms with Gasteiger partial charge in [0.15, 0.2) is 0 Å². The SMILES string of the molecule is O=C(O)c1occc1CN(CCO)C1CCCCC1. The third kappa shape index (κ3) is 3.58. The number of aliphatic hydroxyl groups is 1. The summed E-state index contributed by atoms with van der Waals surface area (Å²) in [7, 11) is 0. The number of hydrogen-bond acceptors (Lipinski definition) is 4. The zero-order valence-electron chi connectivity index (χ0n) is 11.0. The molecule has 106 valence electrons. The quantitative estimate of drug-likeness (QED) is 0.825. The van der Waals surface area contributed by atoms with Gasteiger partial charge in [0.2, 0.25) is 5.76 Å². The molecule has 0 radical (unpaired) electrons. The first kappa shape index (κ1) is 14.1. The van der Waals surface area contributed by atoms with Gasteiger partial charge in [-0.25, -0.2) is 4.79 Å². The molecular weight excluding hydrogens is 246 g/mol. The van der Waals surface area contributed by atoms with Crippen LogP contribution in [0.15, 0.2) is 16.7 Å². The minimum atomic E-state index is -1.03. The summed E-state index contributed by atoms with van der Waals surface area (Å²) in [5, 5.41) is 18.2. The lowest BCUT2D eigenvalue weighted by Crippen LogP contribution is -2.38. The van der Waals surface area contributed by atoms with Crippen LogP contribution in [0.4, 0.5) is 0 Å². The van der Waals surface area contributed by atoms with Crippen molar-refractivity contribution >= 4 is 5.97 Å². The second-order valence-electron chi connectivity index (χ2n) is 5.07. The van der Waals surface area contributed by atoms with E-state index in [4.69, 9.17) is 9.52 Å². The van der Waals surface area contributed by atoms with Crippen LogP contribution in [0, 0.1) is 0 Å². The molecule has 0 aliphatic heterocycles. The van der Waals surface area contributed by atoms with Crippen LogP contribution in [-0.2, 0) is 6.54 Å². The number of furan rings is 1. The van der Waals surface area contributed by atoms with Crippen molar-refractivity contribution in [2.45, 2.75) is 44.7 Å². The molecule has 2 rings (SSSR count). The monoisotopic (exact) mass is 267 g/mol. The van der Waals surface area contributed by atoms with Crippen LogP contribution in [-0.4, -0.2) is 40.3 Å². The highest BCUT2D eigenvalue weighted by molar-refractivity contribution is 5.86. The van der Waals surface area contributed by atoms with Crippen LogP contribution in [0.25, 0.3) is 0 Å². The Hall–Kier alpha value is -1.33. The molecule has 2 N–H and O–H groups in total. The molecule has 5 heteroatoms. The standard InChI is InChI=1S/C14H21NO4/c16-8-7-15(12-4-2-1-3-5-12)10-11-6-9-19-13(11)14(17)18/h6,9,12,16H,1-5,7-8,10H2,(H,17,18). The van der Waals surface area contributed by atoms with Crippen LogP contribution < -0.4 is 0 Å². The summed E-state index contributed by atoms with van der Waals surface area (Å²) < 4.78 is 5.00. The Morgan fingerprint density at radius 3 is 2.74 bits per heavy atom. The first-order valence-corrected chi connectivity index (χ1v) is 6.87. The molecule has 1 aromatic heterocycles. The lowest BCUT2D eigenvalue weighted by Gasteiger charge is -2.33. The Balaban J connectivity index is 2.06. The molecule has 0 unspecified atom stereocenters. The lowest BCUT2D eigenvalue weighted by atomic mass is 9.94. The van der Waals surface area contributed by atoms with E-state index in [1.54, 1.807) is 6.07 Å². The summed E-state index contributed by atoms with van der Waals surface area (Å²) in [6, 6.07) is 2.15. The van der Waals surface area contributed by atoms with Crippen molar-refractivity contribution in [3.63, 3.8) is 0 Å². The van der Waals surface area contributed by atoms with Crippen LogP contribution in [0.2, 0.25) is 0 Å². The maximum absolute atomic E-state index is 11.0. The Bertz CT molecular complexity index is 409. The molecule has 1 aliphatic rings. The van der Waals surface area contributed by atoms with Crippen molar-refractivity contribution < 1.29 is 19.4 Å². The first-order valence-electron chi connectivity index (χ1n) is 6.87. The van der Waals surface area contributed by atoms with E-state index in [9.17, 15) is 9.90 Å². The summed E-state index contributed by atoms with van der Waals surface area (Å²) >= 11 is 0. The van der Waals surface area contributed by atoms with E-state index < -0.39 is 5.97 Å². The number of aromatic carboxylic acids is 1. The fourth-order valence-electron chi connectivity index (χ4n) is 2.83. The molecular formula is C14H21NO4. The Kier molecular flexibility index (Phi) is 4.99. The van der Waals surface area contributed by atoms with Gasteiger partial charge in [-0.1, -0.05) is 19.3 Å². The molecule has 1 heterocycles. The zero-order chi connectivity index (χ0) is 13.7. The van der Waals surface area contributed by atoms with E-state index in [0.29, 0.717) is 24.7 Å². The number of aliphatic hydroxyl groups excluding tert-OH is 1. The molecule has 0 amide bonds. The molecule has 0 spiro atoms. The maximum Gasteiger partial charge on any atom is 0.372 e. The fraction of sp³-hybridized carbons (Fsp3) is 0.643. The van der Waals surface area contributed by atoms with Gasteiger partial charge in [0.1, 0.15) is 0 Å². The number of carboxylic acids is 1. The van der Waals surface area contributed by atoms with Gasteiger partial charge in [0.25, 0.3) is 0 Å². The van der Waals surface area contributed by atoms with Gasteiger partial charge < -0.3 is 14.6 Å². The minimum absolute atomic E-state index is 0.0127. The lowest BCUT2D eigenvalue weighted by molar-refractivity contribution is 0.0655. The molecule has 1 fully saturated rings. The number of nitrogens with zero attached hydrogens (tertiary/aromatic N) is 1. The van der Waals surface area contributed by atoms with E-state index in [-0.39, 0.29) is 12.4 Å². The predicted octanol–water partition coefficient (Wildman–Crippen LogP) is 2.10. The molecule has 1 saturated carbocycles. The predicted molar refractivity (Wildman–Crippen MR) is 70.0 cm³/mol. The largest absolute Gasteiger partial charge is 0.475 e. The normalized spacial score (nSPS) is 16.9. The second kappa shape index (κ2) is 6.73. The molecule has 19 heavy (non-hydrogen) atoms. The van der Waals surface area contributed by atoms with Gasteiger partial charge in [0, 0.05) is 24.7 Å². The summed E-state index contributed by atoms with van der Waals surface area (Å²) in [5.41, 5.74) is 0.687. The molecule has 0 atom stereocenters. The Labute approximate surface area is 112 Å². The van der Waals surface area contributed by atoms with Gasteiger partial charge in [0.05, 0.1) is 12.9 Å². The van der Waals surface area contributed by atoms with E-state index in [1.165, 1.54) is 25.5 Å². The number of carbonyl (C=O) groups is 1. The van der Waals surface area contributed by atoms with Crippen molar-refractivity contribution in [3.05, 3.63) is 23.7 Å². The molecule has 0 aromatic carbocycles. The Morgan fingerprint density at radius 1 is 1.37 bits per heavy atom. The van der Waals surface area contributed by atoms with Crippen molar-refractivity contribution in [1.82, 2.24) is 4.90 Å². The van der Waals surface area contributed by atoms with Gasteiger partial charge >= 0.3 is 5.97 Å². The van der Waals surface area contributed by atoms with E-state index in [2.05, 4.69) is 4.90 Å². The second-order valence-corrected chi connectivity index (χ2v) is 5.07. The maximum atomic E-state index is 11.0. The smallest absolute Gasteiger partial charge is 0.372 e. The third-order valence-corrected chi connectivity index (χ3v) is 3.79. The van der Waals surface area contributed by atoms with Crippen LogP contribution >= 0.6 is 0 Å². The van der Waals surface area contributed by atoms with Crippen molar-refractivity contribution in [3.8, 4) is 0 Å². The molecule has 1 aliphatic carbocycles. The summed E-state index contributed by atoms with van der Waals surface area (Å²) in [5.74, 6) is -1.02. The number of rotatable bonds is 6. The number of carboxylic acid groups (broad SMARTS) is 1. The van der Waals surface area contributed by atoms with Crippen molar-refractivity contribution in [1.29, 1.82) is 0 Å². The van der Waals surface area contributed by atoms with Crippen molar-refractivity contribution in [2.75, 3.05) is 13.2 Å². The van der Waals surface area contributed by atoms with Crippen LogP contribution in [0.5, 0.6) is 0 Å². The average Bonchev–Trinajstić information content (AvgIpc) is 2.88. The molecule has 0 saturated heterocycles. The van der Waals surface area contributed by atoms with Crippen LogP contribution in [0.1, 0.15) is 48.2 Å². The third-order valence-electron chi connectivity index (χ3n) is 3.79. The van der Waals surface area contributed by atoms with E-state index in [0.717, 1.165) is 12.8 Å². The van der Waals surface area contributed by atoms with Gasteiger partial charge in [-0.05, 0) is 18.9 Å².